The molecule has 1 aliphatic rings. The van der Waals surface area contributed by atoms with Gasteiger partial charge >= 0.3 is 0 Å². The summed E-state index contributed by atoms with van der Waals surface area (Å²) in [6.45, 7) is 3.42. The van der Waals surface area contributed by atoms with Crippen LogP contribution in [0.25, 0.3) is 10.9 Å². The fraction of sp³-hybridized carbons (Fsp3) is 0.261. The van der Waals surface area contributed by atoms with Crippen molar-refractivity contribution >= 4 is 34.2 Å². The number of nitrogens with one attached hydrogen (secondary N) is 2. The van der Waals surface area contributed by atoms with Crippen LogP contribution in [0.15, 0.2) is 48.7 Å². The summed E-state index contributed by atoms with van der Waals surface area (Å²) in [5.74, 6) is -0.211. The van der Waals surface area contributed by atoms with Gasteiger partial charge in [-0.3, -0.25) is 19.3 Å². The first-order valence-corrected chi connectivity index (χ1v) is 9.89. The van der Waals surface area contributed by atoms with Gasteiger partial charge in [-0.2, -0.15) is 0 Å². The highest BCUT2D eigenvalue weighted by Crippen LogP contribution is 2.34. The van der Waals surface area contributed by atoms with Crippen molar-refractivity contribution < 1.29 is 19.1 Å². The third kappa shape index (κ3) is 3.78. The number of aromatic nitrogens is 1. The Bertz CT molecular complexity index is 1130. The minimum atomic E-state index is -0.695. The maximum Gasteiger partial charge on any atom is 0.268 e. The molecule has 0 radical (unpaired) electrons. The lowest BCUT2D eigenvalue weighted by atomic mass is 10.1. The van der Waals surface area contributed by atoms with E-state index in [0.717, 1.165) is 16.5 Å². The van der Waals surface area contributed by atoms with Gasteiger partial charge in [0.05, 0.1) is 5.69 Å². The Morgan fingerprint density at radius 3 is 2.80 bits per heavy atom. The van der Waals surface area contributed by atoms with Gasteiger partial charge < -0.3 is 15.0 Å². The van der Waals surface area contributed by atoms with Crippen LogP contribution < -0.4 is 15.0 Å². The molecule has 154 valence electrons. The van der Waals surface area contributed by atoms with Crippen LogP contribution in [0.4, 0.5) is 5.69 Å². The molecule has 3 aromatic rings. The first-order valence-electron chi connectivity index (χ1n) is 9.89. The van der Waals surface area contributed by atoms with Crippen molar-refractivity contribution in [3.63, 3.8) is 0 Å². The van der Waals surface area contributed by atoms with Crippen molar-refractivity contribution in [3.05, 3.63) is 59.8 Å². The summed E-state index contributed by atoms with van der Waals surface area (Å²) in [6, 6.07) is 12.9. The maximum atomic E-state index is 12.6. The Morgan fingerprint density at radius 1 is 1.20 bits per heavy atom. The number of ether oxygens (including phenoxy) is 1. The van der Waals surface area contributed by atoms with E-state index in [0.29, 0.717) is 30.0 Å². The molecule has 7 nitrogen and oxygen atoms in total. The van der Waals surface area contributed by atoms with Gasteiger partial charge in [-0.15, -0.1) is 0 Å². The fourth-order valence-corrected chi connectivity index (χ4v) is 3.66. The van der Waals surface area contributed by atoms with Crippen molar-refractivity contribution in [1.29, 1.82) is 0 Å². The van der Waals surface area contributed by atoms with E-state index in [2.05, 4.69) is 10.3 Å². The summed E-state index contributed by atoms with van der Waals surface area (Å²) in [6.07, 6.45) is 1.93. The molecule has 30 heavy (non-hydrogen) atoms. The van der Waals surface area contributed by atoms with Crippen LogP contribution in [-0.2, 0) is 16.0 Å². The summed E-state index contributed by atoms with van der Waals surface area (Å²) in [4.78, 5) is 41.5. The zero-order valence-corrected chi connectivity index (χ0v) is 16.9. The van der Waals surface area contributed by atoms with Crippen LogP contribution in [0.5, 0.6) is 5.75 Å². The number of Topliss-reactive ketones (excluding diaryl/α,β-unsaturated/α-hetero) is 1. The minimum absolute atomic E-state index is 0.119. The molecule has 1 aliphatic heterocycles. The molecule has 1 atom stereocenters. The van der Waals surface area contributed by atoms with Crippen LogP contribution in [0.1, 0.15) is 29.8 Å². The molecule has 4 rings (SSSR count). The number of H-pyrrole nitrogens is 1. The Morgan fingerprint density at radius 2 is 2.00 bits per heavy atom. The Labute approximate surface area is 174 Å². The number of ketones is 1. The second-order valence-electron chi connectivity index (χ2n) is 7.38. The maximum absolute atomic E-state index is 12.6. The van der Waals surface area contributed by atoms with E-state index < -0.39 is 6.10 Å². The molecule has 0 saturated heterocycles. The van der Waals surface area contributed by atoms with Crippen LogP contribution in [0.2, 0.25) is 0 Å². The topological polar surface area (TPSA) is 91.5 Å². The van der Waals surface area contributed by atoms with E-state index in [-0.39, 0.29) is 24.1 Å². The van der Waals surface area contributed by atoms with Crippen LogP contribution in [0.3, 0.4) is 0 Å². The average molecular weight is 405 g/mol. The first-order chi connectivity index (χ1) is 14.4. The van der Waals surface area contributed by atoms with E-state index in [1.807, 2.05) is 30.5 Å². The number of amides is 2. The minimum Gasteiger partial charge on any atom is -0.479 e. The highest BCUT2D eigenvalue weighted by molar-refractivity contribution is 6.05. The monoisotopic (exact) mass is 405 g/mol. The first kappa shape index (κ1) is 19.7. The number of para-hydroxylation sites is 1. The molecule has 0 bridgehead atoms. The van der Waals surface area contributed by atoms with E-state index >= 15 is 0 Å². The van der Waals surface area contributed by atoms with Gasteiger partial charge in [0.15, 0.2) is 11.9 Å². The molecule has 0 spiro atoms. The molecule has 0 aliphatic carbocycles. The lowest BCUT2D eigenvalue weighted by Gasteiger charge is -2.32. The van der Waals surface area contributed by atoms with Crippen LogP contribution >= 0.6 is 0 Å². The van der Waals surface area contributed by atoms with Crippen molar-refractivity contribution in [1.82, 2.24) is 10.3 Å². The molecule has 7 heteroatoms. The summed E-state index contributed by atoms with van der Waals surface area (Å²) in [7, 11) is 0. The molecule has 0 fully saturated rings. The van der Waals surface area contributed by atoms with Gasteiger partial charge in [0, 0.05) is 29.2 Å². The number of carbonyl (C=O) groups excluding carboxylic acids is 3. The largest absolute Gasteiger partial charge is 0.479 e. The lowest BCUT2D eigenvalue weighted by Crippen LogP contribution is -2.49. The SMILES string of the molecule is CC(=O)c1ccc2c(c1)N(CC(=O)NCCc1c[nH]c3ccccc13)C(=O)C(C)O2. The molecule has 1 unspecified atom stereocenters. The summed E-state index contributed by atoms with van der Waals surface area (Å²) < 4.78 is 5.62. The Balaban J connectivity index is 1.44. The van der Waals surface area contributed by atoms with Gasteiger partial charge in [0.25, 0.3) is 5.91 Å². The van der Waals surface area contributed by atoms with Gasteiger partial charge in [-0.05, 0) is 50.1 Å². The number of aromatic amines is 1. The van der Waals surface area contributed by atoms with Gasteiger partial charge in [0.1, 0.15) is 12.3 Å². The summed E-state index contributed by atoms with van der Waals surface area (Å²) in [5.41, 5.74) is 3.09. The predicted octanol–water partition coefficient (Wildman–Crippen LogP) is 2.84. The molecule has 2 N–H and O–H groups in total. The smallest absolute Gasteiger partial charge is 0.268 e. The standard InChI is InChI=1S/C23H23N3O4/c1-14(27)16-7-8-21-20(11-16)26(23(29)15(2)30-21)13-22(28)24-10-9-17-12-25-19-6-4-3-5-18(17)19/h3-8,11-12,15,25H,9-10,13H2,1-2H3,(H,24,28). The number of hydrogen-bond acceptors (Lipinski definition) is 4. The third-order valence-electron chi connectivity index (χ3n) is 5.27. The number of anilines is 1. The average Bonchev–Trinajstić information content (AvgIpc) is 3.14. The molecular formula is C23H23N3O4. The number of fused-ring (bicyclic) bond motifs is 2. The van der Waals surface area contributed by atoms with Gasteiger partial charge in [-0.1, -0.05) is 18.2 Å². The van der Waals surface area contributed by atoms with E-state index in [4.69, 9.17) is 4.74 Å². The summed E-state index contributed by atoms with van der Waals surface area (Å²) >= 11 is 0. The quantitative estimate of drug-likeness (QED) is 0.617. The number of hydrogen-bond donors (Lipinski definition) is 2. The third-order valence-corrected chi connectivity index (χ3v) is 5.27. The van der Waals surface area contributed by atoms with Crippen LogP contribution in [0, 0.1) is 0 Å². The predicted molar refractivity (Wildman–Crippen MR) is 114 cm³/mol. The Kier molecular flexibility index (Phi) is 5.27. The van der Waals surface area contributed by atoms with Crippen molar-refractivity contribution in [2.24, 2.45) is 0 Å². The molecule has 1 aromatic heterocycles. The summed E-state index contributed by atoms with van der Waals surface area (Å²) in [5, 5.41) is 4.02. The number of rotatable bonds is 6. The number of benzene rings is 2. The molecule has 2 heterocycles. The molecule has 2 aromatic carbocycles. The molecule has 2 amide bonds. The molecule has 0 saturated carbocycles. The van der Waals surface area contributed by atoms with E-state index in [9.17, 15) is 14.4 Å². The normalized spacial score (nSPS) is 15.6. The Hall–Kier alpha value is -3.61. The zero-order chi connectivity index (χ0) is 21.3. The second kappa shape index (κ2) is 8.02. The highest BCUT2D eigenvalue weighted by Gasteiger charge is 2.33. The van der Waals surface area contributed by atoms with Crippen LogP contribution in [-0.4, -0.2) is 41.8 Å². The number of nitrogens with zero attached hydrogens (tertiary/aromatic N) is 1. The van der Waals surface area contributed by atoms with E-state index in [1.54, 1.807) is 25.1 Å². The molecular weight excluding hydrogens is 382 g/mol. The van der Waals surface area contributed by atoms with E-state index in [1.165, 1.54) is 11.8 Å². The lowest BCUT2D eigenvalue weighted by molar-refractivity contribution is -0.128. The van der Waals surface area contributed by atoms with Gasteiger partial charge in [-0.25, -0.2) is 0 Å². The highest BCUT2D eigenvalue weighted by atomic mass is 16.5. The number of carbonyl (C=O) groups is 3. The van der Waals surface area contributed by atoms with Crippen molar-refractivity contribution in [3.8, 4) is 5.75 Å². The fourth-order valence-electron chi connectivity index (χ4n) is 3.66. The van der Waals surface area contributed by atoms with Gasteiger partial charge in [0.2, 0.25) is 5.91 Å². The van der Waals surface area contributed by atoms with Crippen molar-refractivity contribution in [2.45, 2.75) is 26.4 Å². The second-order valence-corrected chi connectivity index (χ2v) is 7.38. The van der Waals surface area contributed by atoms with Crippen molar-refractivity contribution in [2.75, 3.05) is 18.0 Å². The zero-order valence-electron chi connectivity index (χ0n) is 16.9.